The first-order chi connectivity index (χ1) is 13.7. The highest BCUT2D eigenvalue weighted by molar-refractivity contribution is 5.99. The van der Waals surface area contributed by atoms with Crippen LogP contribution in [0.2, 0.25) is 0 Å². The van der Waals surface area contributed by atoms with Crippen LogP contribution in [0.1, 0.15) is 11.1 Å². The van der Waals surface area contributed by atoms with Gasteiger partial charge in [0, 0.05) is 27.6 Å². The van der Waals surface area contributed by atoms with Crippen LogP contribution in [0.15, 0.2) is 60.7 Å². The second kappa shape index (κ2) is 9.34. The van der Waals surface area contributed by atoms with Gasteiger partial charge in [0.25, 0.3) is 0 Å². The van der Waals surface area contributed by atoms with Crippen molar-refractivity contribution >= 4 is 17.8 Å². The van der Waals surface area contributed by atoms with Crippen molar-refractivity contribution < 1.29 is 14.4 Å². The smallest absolute Gasteiger partial charge is 0.321 e. The number of imide groups is 1. The van der Waals surface area contributed by atoms with Gasteiger partial charge in [-0.2, -0.15) is 0 Å². The summed E-state index contributed by atoms with van der Waals surface area (Å²) < 4.78 is 0. The van der Waals surface area contributed by atoms with E-state index in [1.165, 1.54) is 11.9 Å². The van der Waals surface area contributed by atoms with Gasteiger partial charge >= 0.3 is 6.03 Å². The zero-order valence-corrected chi connectivity index (χ0v) is 17.0. The molecule has 0 heterocycles. The summed E-state index contributed by atoms with van der Waals surface area (Å²) in [5.41, 5.74) is 12.1. The lowest BCUT2D eigenvalue weighted by molar-refractivity contribution is -0.144. The van der Waals surface area contributed by atoms with Gasteiger partial charge in [-0.25, -0.2) is 4.79 Å². The quantitative estimate of drug-likeness (QED) is 0.737. The largest absolute Gasteiger partial charge is 0.351 e. The minimum atomic E-state index is -1.57. The zero-order chi connectivity index (χ0) is 21.6. The van der Waals surface area contributed by atoms with Crippen molar-refractivity contribution in [3.05, 3.63) is 71.8 Å². The third-order valence-corrected chi connectivity index (χ3v) is 5.01. The fraction of sp³-hybridized carbons (Fsp3) is 0.318. The predicted octanol–water partition coefficient (Wildman–Crippen LogP) is 1.41. The number of likely N-dealkylation sites (N-methyl/N-ethyl adjacent to an activating group) is 1. The number of rotatable bonds is 7. The Morgan fingerprint density at radius 2 is 1.38 bits per heavy atom. The highest BCUT2D eigenvalue weighted by Gasteiger charge is 2.48. The van der Waals surface area contributed by atoms with Crippen LogP contribution >= 0.6 is 0 Å². The van der Waals surface area contributed by atoms with Gasteiger partial charge in [0.2, 0.25) is 11.8 Å². The summed E-state index contributed by atoms with van der Waals surface area (Å²) in [5.74, 6) is -1.97. The number of amides is 4. The summed E-state index contributed by atoms with van der Waals surface area (Å²) in [6.07, 6.45) is 0.334. The lowest BCUT2D eigenvalue weighted by Gasteiger charge is -2.38. The predicted molar refractivity (Wildman–Crippen MR) is 112 cm³/mol. The molecule has 0 bridgehead atoms. The number of carbonyl (C=O) groups is 3. The zero-order valence-electron chi connectivity index (χ0n) is 17.0. The maximum Gasteiger partial charge on any atom is 0.321 e. The number of hydrogen-bond donors (Lipinski definition) is 2. The minimum absolute atomic E-state index is 0.140. The summed E-state index contributed by atoms with van der Waals surface area (Å²) in [4.78, 5) is 40.3. The Kier molecular flexibility index (Phi) is 7.12. The fourth-order valence-electron chi connectivity index (χ4n) is 3.38. The van der Waals surface area contributed by atoms with E-state index in [0.717, 1.165) is 16.0 Å². The molecule has 0 aliphatic heterocycles. The van der Waals surface area contributed by atoms with Crippen molar-refractivity contribution in [3.8, 4) is 0 Å². The molecule has 0 saturated heterocycles. The van der Waals surface area contributed by atoms with Gasteiger partial charge in [-0.3, -0.25) is 14.5 Å². The average molecular weight is 396 g/mol. The Balaban J connectivity index is 2.56. The monoisotopic (exact) mass is 396 g/mol. The van der Waals surface area contributed by atoms with Crippen LogP contribution in [0.5, 0.6) is 0 Å². The van der Waals surface area contributed by atoms with Crippen molar-refractivity contribution in [1.82, 2.24) is 9.80 Å². The Bertz CT molecular complexity index is 855. The molecule has 0 saturated carbocycles. The minimum Gasteiger partial charge on any atom is -0.351 e. The first-order valence-electron chi connectivity index (χ1n) is 9.32. The first-order valence-corrected chi connectivity index (χ1v) is 9.32. The molecule has 29 heavy (non-hydrogen) atoms. The van der Waals surface area contributed by atoms with E-state index in [0.29, 0.717) is 0 Å². The van der Waals surface area contributed by atoms with Crippen LogP contribution < -0.4 is 11.5 Å². The van der Waals surface area contributed by atoms with Crippen molar-refractivity contribution in [1.29, 1.82) is 0 Å². The van der Waals surface area contributed by atoms with Gasteiger partial charge in [-0.05, 0) is 17.5 Å². The molecule has 2 rings (SSSR count). The molecular formula is C22H28N4O3. The standard InChI is InChI=1S/C22H28N4O3/c1-25(2)20(28)22(24,15-17-12-8-5-9-13-17)18(19(27)26(3)21(23)29)14-16-10-6-4-7-11-16/h4-13,18H,14-15,24H2,1-3H3,(H2,23,29)/t18-,22+/m1/s1. The number of carbonyl (C=O) groups excluding carboxylic acids is 3. The summed E-state index contributed by atoms with van der Waals surface area (Å²) in [7, 11) is 4.49. The summed E-state index contributed by atoms with van der Waals surface area (Å²) >= 11 is 0. The SMILES string of the molecule is CN(C)C(=O)[C@](N)(Cc1ccccc1)[C@H](Cc1ccccc1)C(=O)N(C)C(N)=O. The van der Waals surface area contributed by atoms with Crippen molar-refractivity contribution in [2.75, 3.05) is 21.1 Å². The highest BCUT2D eigenvalue weighted by Crippen LogP contribution is 2.28. The molecule has 2 aromatic carbocycles. The van der Waals surface area contributed by atoms with Gasteiger partial charge in [-0.15, -0.1) is 0 Å². The van der Waals surface area contributed by atoms with Crippen LogP contribution in [0.3, 0.4) is 0 Å². The Labute approximate surface area is 171 Å². The molecule has 154 valence electrons. The maximum atomic E-state index is 13.2. The fourth-order valence-corrected chi connectivity index (χ4v) is 3.38. The maximum absolute atomic E-state index is 13.2. The Morgan fingerprint density at radius 1 is 0.897 bits per heavy atom. The normalized spacial score (nSPS) is 13.8. The lowest BCUT2D eigenvalue weighted by Crippen LogP contribution is -2.64. The highest BCUT2D eigenvalue weighted by atomic mass is 16.2. The van der Waals surface area contributed by atoms with Gasteiger partial charge < -0.3 is 16.4 Å². The molecular weight excluding hydrogens is 368 g/mol. The number of nitrogens with zero attached hydrogens (tertiary/aromatic N) is 2. The number of primary amides is 1. The first kappa shape index (κ1) is 22.1. The van der Waals surface area contributed by atoms with E-state index < -0.39 is 29.3 Å². The topological polar surface area (TPSA) is 110 Å². The molecule has 0 aliphatic rings. The van der Waals surface area contributed by atoms with Gasteiger partial charge in [0.15, 0.2) is 0 Å². The molecule has 7 nitrogen and oxygen atoms in total. The number of urea groups is 1. The van der Waals surface area contributed by atoms with Crippen LogP contribution in [-0.2, 0) is 22.4 Å². The van der Waals surface area contributed by atoms with E-state index in [-0.39, 0.29) is 12.8 Å². The molecule has 0 spiro atoms. The third-order valence-electron chi connectivity index (χ3n) is 5.01. The van der Waals surface area contributed by atoms with Crippen LogP contribution in [0, 0.1) is 5.92 Å². The van der Waals surface area contributed by atoms with Crippen molar-refractivity contribution in [3.63, 3.8) is 0 Å². The number of hydrogen-bond acceptors (Lipinski definition) is 4. The second-order valence-corrected chi connectivity index (χ2v) is 7.38. The molecule has 0 aliphatic carbocycles. The molecule has 0 fully saturated rings. The van der Waals surface area contributed by atoms with E-state index in [1.54, 1.807) is 14.1 Å². The third kappa shape index (κ3) is 5.20. The summed E-state index contributed by atoms with van der Waals surface area (Å²) in [6, 6.07) is 17.6. The van der Waals surface area contributed by atoms with Crippen LogP contribution in [-0.4, -0.2) is 54.3 Å². The van der Waals surface area contributed by atoms with E-state index in [1.807, 2.05) is 60.7 Å². The average Bonchev–Trinajstić information content (AvgIpc) is 2.71. The van der Waals surface area contributed by atoms with Crippen LogP contribution in [0.4, 0.5) is 4.79 Å². The summed E-state index contributed by atoms with van der Waals surface area (Å²) in [6.45, 7) is 0. The molecule has 0 unspecified atom stereocenters. The second-order valence-electron chi connectivity index (χ2n) is 7.38. The number of nitrogens with two attached hydrogens (primary N) is 2. The Hall–Kier alpha value is -3.19. The number of benzene rings is 2. The molecule has 0 aromatic heterocycles. The molecule has 0 radical (unpaired) electrons. The Morgan fingerprint density at radius 3 is 1.83 bits per heavy atom. The lowest BCUT2D eigenvalue weighted by atomic mass is 9.74. The molecule has 2 aromatic rings. The molecule has 4 amide bonds. The van der Waals surface area contributed by atoms with E-state index in [4.69, 9.17) is 11.5 Å². The molecule has 2 atom stereocenters. The van der Waals surface area contributed by atoms with Crippen molar-refractivity contribution in [2.24, 2.45) is 17.4 Å². The van der Waals surface area contributed by atoms with Crippen LogP contribution in [0.25, 0.3) is 0 Å². The summed E-state index contributed by atoms with van der Waals surface area (Å²) in [5, 5.41) is 0. The van der Waals surface area contributed by atoms with Crippen molar-refractivity contribution in [2.45, 2.75) is 18.4 Å². The van der Waals surface area contributed by atoms with Gasteiger partial charge in [0.1, 0.15) is 5.54 Å². The van der Waals surface area contributed by atoms with Gasteiger partial charge in [0.05, 0.1) is 5.92 Å². The van der Waals surface area contributed by atoms with Gasteiger partial charge in [-0.1, -0.05) is 60.7 Å². The van der Waals surface area contributed by atoms with E-state index in [2.05, 4.69) is 0 Å². The van der Waals surface area contributed by atoms with E-state index in [9.17, 15) is 14.4 Å². The molecule has 7 heteroatoms. The molecule has 4 N–H and O–H groups in total. The van der Waals surface area contributed by atoms with E-state index >= 15 is 0 Å².